The fraction of sp³-hybridized carbons (Fsp3) is 0.500. The molecule has 0 radical (unpaired) electrons. The predicted molar refractivity (Wildman–Crippen MR) is 53.9 cm³/mol. The summed E-state index contributed by atoms with van der Waals surface area (Å²) in [6, 6.07) is 5.90. The average molecular weight is 176 g/mol. The van der Waals surface area contributed by atoms with Crippen molar-refractivity contribution in [2.24, 2.45) is 5.92 Å². The molecule has 1 heteroatoms. The van der Waals surface area contributed by atoms with Gasteiger partial charge in [-0.1, -0.05) is 25.5 Å². The van der Waals surface area contributed by atoms with E-state index in [-0.39, 0.29) is 0 Å². The lowest BCUT2D eigenvalue weighted by Gasteiger charge is -2.23. The van der Waals surface area contributed by atoms with Gasteiger partial charge in [-0.2, -0.15) is 0 Å². The molecule has 2 rings (SSSR count). The first kappa shape index (κ1) is 8.61. The minimum Gasteiger partial charge on any atom is -0.508 e. The third-order valence-electron chi connectivity index (χ3n) is 3.14. The van der Waals surface area contributed by atoms with Crippen LogP contribution in [0.25, 0.3) is 0 Å². The number of benzene rings is 1. The molecule has 0 fully saturated rings. The molecule has 0 saturated heterocycles. The first-order valence-electron chi connectivity index (χ1n) is 5.11. The van der Waals surface area contributed by atoms with E-state index in [1.54, 1.807) is 6.07 Å². The highest BCUT2D eigenvalue weighted by Gasteiger charge is 2.18. The van der Waals surface area contributed by atoms with Gasteiger partial charge >= 0.3 is 0 Å². The van der Waals surface area contributed by atoms with Crippen molar-refractivity contribution in [2.45, 2.75) is 32.6 Å². The van der Waals surface area contributed by atoms with Crippen LogP contribution < -0.4 is 0 Å². The number of hydrogen-bond donors (Lipinski definition) is 1. The number of hydrogen-bond acceptors (Lipinski definition) is 1. The van der Waals surface area contributed by atoms with Crippen molar-refractivity contribution in [1.29, 1.82) is 0 Å². The maximum atomic E-state index is 9.62. The van der Waals surface area contributed by atoms with Gasteiger partial charge < -0.3 is 5.11 Å². The van der Waals surface area contributed by atoms with Crippen molar-refractivity contribution in [2.75, 3.05) is 0 Å². The standard InChI is InChI=1S/C12H16O/c1-2-9-6-7-11-10(8-9)4-3-5-12(11)13/h3-5,9,13H,2,6-8H2,1H3. The second-order valence-electron chi connectivity index (χ2n) is 3.93. The lowest BCUT2D eigenvalue weighted by Crippen LogP contribution is -2.13. The molecule has 0 heterocycles. The second kappa shape index (κ2) is 3.41. The number of phenolic OH excluding ortho intramolecular Hbond substituents is 1. The Morgan fingerprint density at radius 2 is 2.31 bits per heavy atom. The maximum absolute atomic E-state index is 9.62. The zero-order valence-corrected chi connectivity index (χ0v) is 8.09. The van der Waals surface area contributed by atoms with Crippen LogP contribution in [0, 0.1) is 5.92 Å². The first-order chi connectivity index (χ1) is 6.31. The molecular weight excluding hydrogens is 160 g/mol. The Kier molecular flexibility index (Phi) is 2.26. The van der Waals surface area contributed by atoms with Crippen molar-refractivity contribution in [3.05, 3.63) is 29.3 Å². The van der Waals surface area contributed by atoms with Gasteiger partial charge in [-0.15, -0.1) is 0 Å². The highest BCUT2D eigenvalue weighted by Crippen LogP contribution is 2.32. The third-order valence-corrected chi connectivity index (χ3v) is 3.14. The van der Waals surface area contributed by atoms with Crippen LogP contribution in [0.2, 0.25) is 0 Å². The molecule has 0 aromatic heterocycles. The highest BCUT2D eigenvalue weighted by atomic mass is 16.3. The van der Waals surface area contributed by atoms with Crippen LogP contribution >= 0.6 is 0 Å². The molecule has 70 valence electrons. The van der Waals surface area contributed by atoms with Gasteiger partial charge in [0.2, 0.25) is 0 Å². The number of rotatable bonds is 1. The lowest BCUT2D eigenvalue weighted by molar-refractivity contribution is 0.420. The molecule has 0 amide bonds. The molecule has 1 aliphatic carbocycles. The molecule has 1 unspecified atom stereocenters. The van der Waals surface area contributed by atoms with E-state index in [0.29, 0.717) is 5.75 Å². The third kappa shape index (κ3) is 1.55. The Balaban J connectivity index is 2.31. The van der Waals surface area contributed by atoms with E-state index in [1.807, 2.05) is 6.07 Å². The monoisotopic (exact) mass is 176 g/mol. The maximum Gasteiger partial charge on any atom is 0.119 e. The van der Waals surface area contributed by atoms with Gasteiger partial charge in [-0.25, -0.2) is 0 Å². The Morgan fingerprint density at radius 3 is 3.08 bits per heavy atom. The second-order valence-corrected chi connectivity index (χ2v) is 3.93. The Hall–Kier alpha value is -0.980. The molecule has 1 aromatic rings. The molecule has 1 aromatic carbocycles. The van der Waals surface area contributed by atoms with Crippen LogP contribution in [0.5, 0.6) is 5.75 Å². The molecule has 0 bridgehead atoms. The molecule has 1 nitrogen and oxygen atoms in total. The minimum absolute atomic E-state index is 0.493. The number of aromatic hydroxyl groups is 1. The van der Waals surface area contributed by atoms with Crippen molar-refractivity contribution in [3.8, 4) is 5.75 Å². The molecule has 1 aliphatic rings. The molecule has 0 aliphatic heterocycles. The van der Waals surface area contributed by atoms with E-state index in [4.69, 9.17) is 0 Å². The summed E-state index contributed by atoms with van der Waals surface area (Å²) in [7, 11) is 0. The van der Waals surface area contributed by atoms with Crippen molar-refractivity contribution in [3.63, 3.8) is 0 Å². The highest BCUT2D eigenvalue weighted by molar-refractivity contribution is 5.40. The zero-order valence-electron chi connectivity index (χ0n) is 8.09. The largest absolute Gasteiger partial charge is 0.508 e. The van der Waals surface area contributed by atoms with Crippen LogP contribution in [0.3, 0.4) is 0 Å². The molecular formula is C12H16O. The van der Waals surface area contributed by atoms with Crippen LogP contribution in [0.1, 0.15) is 30.9 Å². The zero-order chi connectivity index (χ0) is 9.26. The summed E-state index contributed by atoms with van der Waals surface area (Å²) in [5.74, 6) is 1.32. The normalized spacial score (nSPS) is 21.2. The molecule has 13 heavy (non-hydrogen) atoms. The van der Waals surface area contributed by atoms with Gasteiger partial charge in [-0.3, -0.25) is 0 Å². The van der Waals surface area contributed by atoms with Crippen LogP contribution in [-0.4, -0.2) is 5.11 Å². The molecule has 0 spiro atoms. The summed E-state index contributed by atoms with van der Waals surface area (Å²) in [6.07, 6.45) is 4.71. The average Bonchev–Trinajstić information content (AvgIpc) is 2.18. The van der Waals surface area contributed by atoms with Crippen molar-refractivity contribution >= 4 is 0 Å². The summed E-state index contributed by atoms with van der Waals surface area (Å²) >= 11 is 0. The van der Waals surface area contributed by atoms with Gasteiger partial charge in [0.1, 0.15) is 5.75 Å². The topological polar surface area (TPSA) is 20.2 Å². The van der Waals surface area contributed by atoms with E-state index >= 15 is 0 Å². The fourth-order valence-corrected chi connectivity index (χ4v) is 2.21. The minimum atomic E-state index is 0.493. The van der Waals surface area contributed by atoms with Gasteiger partial charge in [0, 0.05) is 0 Å². The van der Waals surface area contributed by atoms with Crippen LogP contribution in [-0.2, 0) is 12.8 Å². The van der Waals surface area contributed by atoms with Crippen molar-refractivity contribution in [1.82, 2.24) is 0 Å². The molecule has 1 N–H and O–H groups in total. The molecule has 1 atom stereocenters. The summed E-state index contributed by atoms with van der Waals surface area (Å²) in [4.78, 5) is 0. The van der Waals surface area contributed by atoms with E-state index in [9.17, 15) is 5.11 Å². The Labute approximate surface area is 79.4 Å². The lowest BCUT2D eigenvalue weighted by atomic mass is 9.82. The summed E-state index contributed by atoms with van der Waals surface area (Å²) in [6.45, 7) is 2.25. The Morgan fingerprint density at radius 1 is 1.46 bits per heavy atom. The van der Waals surface area contributed by atoms with E-state index in [1.165, 1.54) is 24.0 Å². The van der Waals surface area contributed by atoms with E-state index in [2.05, 4.69) is 13.0 Å². The Bertz CT molecular complexity index is 304. The van der Waals surface area contributed by atoms with Crippen LogP contribution in [0.4, 0.5) is 0 Å². The van der Waals surface area contributed by atoms with E-state index < -0.39 is 0 Å². The van der Waals surface area contributed by atoms with Gasteiger partial charge in [-0.05, 0) is 42.4 Å². The van der Waals surface area contributed by atoms with Gasteiger partial charge in [0.15, 0.2) is 0 Å². The summed E-state index contributed by atoms with van der Waals surface area (Å²) in [5.41, 5.74) is 2.55. The first-order valence-corrected chi connectivity index (χ1v) is 5.11. The smallest absolute Gasteiger partial charge is 0.119 e. The number of phenols is 1. The molecule has 0 saturated carbocycles. The van der Waals surface area contributed by atoms with E-state index in [0.717, 1.165) is 18.8 Å². The predicted octanol–water partition coefficient (Wildman–Crippen LogP) is 2.91. The summed E-state index contributed by atoms with van der Waals surface area (Å²) in [5, 5.41) is 9.62. The van der Waals surface area contributed by atoms with Crippen LogP contribution in [0.15, 0.2) is 18.2 Å². The summed E-state index contributed by atoms with van der Waals surface area (Å²) < 4.78 is 0. The van der Waals surface area contributed by atoms with Gasteiger partial charge in [0.25, 0.3) is 0 Å². The van der Waals surface area contributed by atoms with Gasteiger partial charge in [0.05, 0.1) is 0 Å². The number of fused-ring (bicyclic) bond motifs is 1. The SMILES string of the molecule is CCC1CCc2c(O)cccc2C1. The van der Waals surface area contributed by atoms with Crippen molar-refractivity contribution < 1.29 is 5.11 Å². The fourth-order valence-electron chi connectivity index (χ4n) is 2.21. The quantitative estimate of drug-likeness (QED) is 0.697.